The lowest BCUT2D eigenvalue weighted by Gasteiger charge is -2.29. The number of methoxy groups -OCH3 is 2. The van der Waals surface area contributed by atoms with Crippen LogP contribution in [0.25, 0.3) is 10.2 Å². The van der Waals surface area contributed by atoms with Gasteiger partial charge in [0.05, 0.1) is 37.6 Å². The highest BCUT2D eigenvalue weighted by Gasteiger charge is 2.24. The molecule has 1 fully saturated rings. The first-order valence-electron chi connectivity index (χ1n) is 10.3. The summed E-state index contributed by atoms with van der Waals surface area (Å²) in [7, 11) is 3.16. The summed E-state index contributed by atoms with van der Waals surface area (Å²) in [6.07, 6.45) is 0. The van der Waals surface area contributed by atoms with Crippen LogP contribution in [0.4, 0.5) is 5.13 Å². The van der Waals surface area contributed by atoms with Gasteiger partial charge >= 0.3 is 0 Å². The van der Waals surface area contributed by atoms with E-state index in [1.165, 1.54) is 11.3 Å². The first kappa shape index (κ1) is 24.3. The number of anilines is 1. The zero-order valence-electron chi connectivity index (χ0n) is 18.5. The number of fused-ring (bicyclic) bond motifs is 1. The van der Waals surface area contributed by atoms with Gasteiger partial charge in [-0.25, -0.2) is 4.98 Å². The minimum absolute atomic E-state index is 0. The fourth-order valence-corrected chi connectivity index (χ4v) is 4.69. The van der Waals surface area contributed by atoms with Crippen molar-refractivity contribution >= 4 is 45.0 Å². The number of thiazole rings is 1. The smallest absolute Gasteiger partial charge is 0.260 e. The van der Waals surface area contributed by atoms with E-state index in [0.717, 1.165) is 48.6 Å². The molecule has 0 N–H and O–H groups in total. The summed E-state index contributed by atoms with van der Waals surface area (Å²) in [5, 5.41) is 0.698. The maximum absolute atomic E-state index is 13.7. The monoisotopic (exact) mass is 477 g/mol. The van der Waals surface area contributed by atoms with Crippen molar-refractivity contribution in [3.05, 3.63) is 47.5 Å². The van der Waals surface area contributed by atoms with E-state index in [2.05, 4.69) is 4.90 Å². The van der Waals surface area contributed by atoms with E-state index in [1.807, 2.05) is 25.1 Å². The first-order valence-corrected chi connectivity index (χ1v) is 11.1. The van der Waals surface area contributed by atoms with E-state index in [4.69, 9.17) is 19.2 Å². The van der Waals surface area contributed by atoms with E-state index < -0.39 is 0 Å². The molecule has 4 rings (SSSR count). The molecule has 0 saturated carbocycles. The second-order valence-electron chi connectivity index (χ2n) is 7.43. The van der Waals surface area contributed by atoms with Crippen LogP contribution in [-0.4, -0.2) is 69.4 Å². The summed E-state index contributed by atoms with van der Waals surface area (Å²) in [6.45, 7) is 6.52. The molecule has 1 amide bonds. The number of aryl methyl sites for hydroxylation is 1. The molecule has 0 spiro atoms. The average molecular weight is 478 g/mol. The molecule has 0 radical (unpaired) electrons. The number of hydrogen-bond donors (Lipinski definition) is 0. The van der Waals surface area contributed by atoms with E-state index in [-0.39, 0.29) is 18.3 Å². The van der Waals surface area contributed by atoms with Gasteiger partial charge < -0.3 is 14.2 Å². The molecule has 1 saturated heterocycles. The Balaban J connectivity index is 0.00000289. The highest BCUT2D eigenvalue weighted by Crippen LogP contribution is 2.32. The molecule has 172 valence electrons. The van der Waals surface area contributed by atoms with Crippen LogP contribution in [0.15, 0.2) is 36.4 Å². The van der Waals surface area contributed by atoms with Gasteiger partial charge in [0.2, 0.25) is 0 Å². The zero-order chi connectivity index (χ0) is 21.8. The lowest BCUT2D eigenvalue weighted by atomic mass is 10.1. The number of nitrogens with zero attached hydrogens (tertiary/aromatic N) is 3. The van der Waals surface area contributed by atoms with E-state index in [1.54, 1.807) is 37.3 Å². The number of morpholine rings is 1. The molecular formula is C23H28ClN3O4S. The van der Waals surface area contributed by atoms with Gasteiger partial charge in [-0.2, -0.15) is 0 Å². The third-order valence-electron chi connectivity index (χ3n) is 5.43. The Kier molecular flexibility index (Phi) is 8.31. The number of hydrogen-bond acceptors (Lipinski definition) is 7. The lowest BCUT2D eigenvalue weighted by molar-refractivity contribution is 0.0391. The van der Waals surface area contributed by atoms with Crippen LogP contribution in [0.3, 0.4) is 0 Å². The molecule has 0 bridgehead atoms. The largest absolute Gasteiger partial charge is 0.497 e. The second-order valence-corrected chi connectivity index (χ2v) is 8.44. The molecule has 1 aromatic heterocycles. The van der Waals surface area contributed by atoms with Gasteiger partial charge in [0.25, 0.3) is 5.91 Å². The van der Waals surface area contributed by atoms with Crippen molar-refractivity contribution in [1.82, 2.24) is 9.88 Å². The first-order chi connectivity index (χ1) is 15.1. The molecule has 1 aliphatic heterocycles. The third-order valence-corrected chi connectivity index (χ3v) is 6.47. The van der Waals surface area contributed by atoms with Crippen molar-refractivity contribution in [2.45, 2.75) is 6.92 Å². The summed E-state index contributed by atoms with van der Waals surface area (Å²) in [5.41, 5.74) is 2.55. The van der Waals surface area contributed by atoms with Crippen molar-refractivity contribution in [2.75, 3.05) is 58.5 Å². The van der Waals surface area contributed by atoms with Crippen molar-refractivity contribution in [2.24, 2.45) is 0 Å². The predicted octanol–water partition coefficient (Wildman–Crippen LogP) is 4.02. The number of carbonyl (C=O) groups excluding carboxylic acids is 1. The molecule has 0 aliphatic carbocycles. The van der Waals surface area contributed by atoms with Gasteiger partial charge in [0.1, 0.15) is 11.5 Å². The Bertz CT molecular complexity index is 1050. The van der Waals surface area contributed by atoms with Gasteiger partial charge in [-0.1, -0.05) is 23.5 Å². The van der Waals surface area contributed by atoms with Crippen LogP contribution in [0.2, 0.25) is 0 Å². The lowest BCUT2D eigenvalue weighted by Crippen LogP contribution is -2.43. The fourth-order valence-electron chi connectivity index (χ4n) is 3.63. The molecule has 9 heteroatoms. The number of benzene rings is 2. The summed E-state index contributed by atoms with van der Waals surface area (Å²) < 4.78 is 17.3. The minimum atomic E-state index is -0.123. The Morgan fingerprint density at radius 1 is 1.16 bits per heavy atom. The van der Waals surface area contributed by atoms with Crippen molar-refractivity contribution < 1.29 is 19.0 Å². The maximum Gasteiger partial charge on any atom is 0.260 e. The van der Waals surface area contributed by atoms with Crippen LogP contribution in [0, 0.1) is 6.92 Å². The summed E-state index contributed by atoms with van der Waals surface area (Å²) >= 11 is 1.54. The van der Waals surface area contributed by atoms with Gasteiger partial charge in [-0.3, -0.25) is 14.6 Å². The van der Waals surface area contributed by atoms with Crippen LogP contribution in [0.5, 0.6) is 11.5 Å². The zero-order valence-corrected chi connectivity index (χ0v) is 20.1. The van der Waals surface area contributed by atoms with Crippen LogP contribution in [0.1, 0.15) is 15.9 Å². The standard InChI is InChI=1S/C23H27N3O4S.ClH/c1-16-5-4-6-20-21(16)24-23(31-20)26(8-7-25-9-11-30-12-10-25)22(27)17-13-18(28-2)15-19(14-17)29-3;/h4-6,13-15H,7-12H2,1-3H3;1H. The second kappa shape index (κ2) is 11.0. The quantitative estimate of drug-likeness (QED) is 0.512. The number of ether oxygens (including phenoxy) is 3. The van der Waals surface area contributed by atoms with Gasteiger partial charge in [0, 0.05) is 37.8 Å². The molecule has 2 aromatic carbocycles. The van der Waals surface area contributed by atoms with E-state index >= 15 is 0 Å². The van der Waals surface area contributed by atoms with Crippen LogP contribution in [-0.2, 0) is 4.74 Å². The van der Waals surface area contributed by atoms with Gasteiger partial charge in [0.15, 0.2) is 5.13 Å². The number of rotatable bonds is 7. The molecule has 0 atom stereocenters. The molecule has 7 nitrogen and oxygen atoms in total. The SMILES string of the molecule is COc1cc(OC)cc(C(=O)N(CCN2CCOCC2)c2nc3c(C)cccc3s2)c1.Cl. The molecule has 1 aliphatic rings. The highest BCUT2D eigenvalue weighted by molar-refractivity contribution is 7.22. The number of halogens is 1. The summed E-state index contributed by atoms with van der Waals surface area (Å²) in [4.78, 5) is 22.6. The minimum Gasteiger partial charge on any atom is -0.497 e. The Labute approximate surface area is 198 Å². The average Bonchev–Trinajstić information content (AvgIpc) is 3.24. The van der Waals surface area contributed by atoms with Crippen molar-refractivity contribution in [1.29, 1.82) is 0 Å². The van der Waals surface area contributed by atoms with Crippen molar-refractivity contribution in [3.63, 3.8) is 0 Å². The van der Waals surface area contributed by atoms with E-state index in [0.29, 0.717) is 28.7 Å². The van der Waals surface area contributed by atoms with Gasteiger partial charge in [-0.15, -0.1) is 12.4 Å². The molecule has 0 unspecified atom stereocenters. The van der Waals surface area contributed by atoms with Crippen LogP contribution < -0.4 is 14.4 Å². The third kappa shape index (κ3) is 5.32. The molecular weight excluding hydrogens is 450 g/mol. The molecule has 2 heterocycles. The molecule has 3 aromatic rings. The number of para-hydroxylation sites is 1. The summed E-state index contributed by atoms with van der Waals surface area (Å²) in [6, 6.07) is 11.3. The normalized spacial score (nSPS) is 14.1. The number of carbonyl (C=O) groups is 1. The Morgan fingerprint density at radius 2 is 1.84 bits per heavy atom. The van der Waals surface area contributed by atoms with E-state index in [9.17, 15) is 4.79 Å². The summed E-state index contributed by atoms with van der Waals surface area (Å²) in [5.74, 6) is 1.04. The maximum atomic E-state index is 13.7. The highest BCUT2D eigenvalue weighted by atomic mass is 35.5. The number of aromatic nitrogens is 1. The Morgan fingerprint density at radius 3 is 2.47 bits per heavy atom. The Hall–Kier alpha value is -2.39. The predicted molar refractivity (Wildman–Crippen MR) is 130 cm³/mol. The molecule has 32 heavy (non-hydrogen) atoms. The number of amides is 1. The topological polar surface area (TPSA) is 64.1 Å². The van der Waals surface area contributed by atoms with Crippen LogP contribution >= 0.6 is 23.7 Å². The fraction of sp³-hybridized carbons (Fsp3) is 0.391. The van der Waals surface area contributed by atoms with Crippen molar-refractivity contribution in [3.8, 4) is 11.5 Å². The van der Waals surface area contributed by atoms with Gasteiger partial charge in [-0.05, 0) is 30.7 Å².